The minimum atomic E-state index is -0.530. The molecule has 0 bridgehead atoms. The van der Waals surface area contributed by atoms with Crippen molar-refractivity contribution >= 4 is 0 Å². The summed E-state index contributed by atoms with van der Waals surface area (Å²) < 4.78 is 30.2. The van der Waals surface area contributed by atoms with E-state index >= 15 is 0 Å². The van der Waals surface area contributed by atoms with Crippen molar-refractivity contribution in [3.8, 4) is 17.1 Å². The average Bonchev–Trinajstić information content (AvgIpc) is 3.19. The average molecular weight is 354 g/mol. The van der Waals surface area contributed by atoms with Gasteiger partial charge in [0.1, 0.15) is 11.6 Å². The van der Waals surface area contributed by atoms with Gasteiger partial charge < -0.3 is 14.0 Å². The van der Waals surface area contributed by atoms with Gasteiger partial charge >= 0.3 is 0 Å². The Morgan fingerprint density at radius 3 is 2.54 bits per heavy atom. The Bertz CT molecular complexity index is 886. The zero-order valence-corrected chi connectivity index (χ0v) is 14.4. The summed E-state index contributed by atoms with van der Waals surface area (Å²) in [6.07, 6.45) is 1.33. The lowest BCUT2D eigenvalue weighted by Gasteiger charge is -2.34. The topological polar surface area (TPSA) is 57.4 Å². The van der Waals surface area contributed by atoms with Crippen LogP contribution in [0.3, 0.4) is 0 Å². The highest BCUT2D eigenvalue weighted by Gasteiger charge is 2.41. The van der Waals surface area contributed by atoms with Crippen LogP contribution in [0.25, 0.3) is 11.4 Å². The Balaban J connectivity index is 1.74. The van der Waals surface area contributed by atoms with Crippen LogP contribution in [0.4, 0.5) is 4.39 Å². The lowest BCUT2D eigenvalue weighted by Crippen LogP contribution is -2.35. The van der Waals surface area contributed by atoms with E-state index in [2.05, 4.69) is 10.1 Å². The molecule has 0 saturated carbocycles. The van der Waals surface area contributed by atoms with E-state index in [1.165, 1.54) is 6.07 Å². The lowest BCUT2D eigenvalue weighted by molar-refractivity contribution is 0.0522. The molecule has 0 radical (unpaired) electrons. The first-order valence-electron chi connectivity index (χ1n) is 8.54. The number of nitrogens with zero attached hydrogens (tertiary/aromatic N) is 2. The predicted molar refractivity (Wildman–Crippen MR) is 93.5 cm³/mol. The summed E-state index contributed by atoms with van der Waals surface area (Å²) in [6, 6.07) is 14.1. The molecule has 4 rings (SSSR count). The van der Waals surface area contributed by atoms with Crippen molar-refractivity contribution in [3.05, 3.63) is 65.8 Å². The highest BCUT2D eigenvalue weighted by molar-refractivity contribution is 5.56. The number of ether oxygens (including phenoxy) is 2. The number of benzene rings is 2. The normalized spacial score (nSPS) is 16.4. The van der Waals surface area contributed by atoms with E-state index in [1.807, 2.05) is 30.3 Å². The van der Waals surface area contributed by atoms with Crippen molar-refractivity contribution in [3.63, 3.8) is 0 Å². The van der Waals surface area contributed by atoms with Gasteiger partial charge in [0.2, 0.25) is 11.7 Å². The monoisotopic (exact) mass is 354 g/mol. The highest BCUT2D eigenvalue weighted by atomic mass is 19.1. The molecule has 0 unspecified atom stereocenters. The Morgan fingerprint density at radius 2 is 1.85 bits per heavy atom. The number of hydrogen-bond donors (Lipinski definition) is 0. The lowest BCUT2D eigenvalue weighted by atomic mass is 9.74. The zero-order chi connectivity index (χ0) is 18.0. The molecule has 0 spiro atoms. The number of rotatable bonds is 4. The minimum absolute atomic E-state index is 0.275. The largest absolute Gasteiger partial charge is 0.497 e. The van der Waals surface area contributed by atoms with Crippen LogP contribution in [-0.2, 0) is 10.2 Å². The van der Waals surface area contributed by atoms with E-state index in [0.29, 0.717) is 37.8 Å². The van der Waals surface area contributed by atoms with Gasteiger partial charge in [-0.25, -0.2) is 4.39 Å². The third kappa shape index (κ3) is 2.97. The number of methoxy groups -OCH3 is 1. The second-order valence-electron chi connectivity index (χ2n) is 6.36. The van der Waals surface area contributed by atoms with Gasteiger partial charge in [-0.3, -0.25) is 0 Å². The summed E-state index contributed by atoms with van der Waals surface area (Å²) in [7, 11) is 1.62. The summed E-state index contributed by atoms with van der Waals surface area (Å²) in [5, 5.41) is 4.15. The van der Waals surface area contributed by atoms with E-state index in [4.69, 9.17) is 14.0 Å². The zero-order valence-electron chi connectivity index (χ0n) is 14.4. The van der Waals surface area contributed by atoms with Gasteiger partial charge in [0.05, 0.1) is 12.5 Å². The third-order valence-corrected chi connectivity index (χ3v) is 4.91. The standard InChI is InChI=1S/C20H19FN2O3/c1-24-17-7-5-14(6-8-17)18-22-19(26-23-18)20(9-11-25-12-10-20)15-3-2-4-16(21)13-15/h2-8,13H,9-12H2,1H3. The van der Waals surface area contributed by atoms with Crippen molar-refractivity contribution < 1.29 is 18.4 Å². The Morgan fingerprint density at radius 1 is 1.08 bits per heavy atom. The fraction of sp³-hybridized carbons (Fsp3) is 0.300. The quantitative estimate of drug-likeness (QED) is 0.709. The van der Waals surface area contributed by atoms with Gasteiger partial charge in [-0.15, -0.1) is 0 Å². The number of hydrogen-bond acceptors (Lipinski definition) is 5. The van der Waals surface area contributed by atoms with Crippen molar-refractivity contribution in [2.45, 2.75) is 18.3 Å². The summed E-state index contributed by atoms with van der Waals surface area (Å²) in [4.78, 5) is 4.64. The molecule has 26 heavy (non-hydrogen) atoms. The van der Waals surface area contributed by atoms with E-state index in [9.17, 15) is 4.39 Å². The van der Waals surface area contributed by atoms with Gasteiger partial charge in [-0.2, -0.15) is 4.98 Å². The van der Waals surface area contributed by atoms with Crippen molar-refractivity contribution in [2.75, 3.05) is 20.3 Å². The Kier molecular flexibility index (Phi) is 4.42. The smallest absolute Gasteiger partial charge is 0.237 e. The van der Waals surface area contributed by atoms with Crippen LogP contribution in [0.2, 0.25) is 0 Å². The van der Waals surface area contributed by atoms with E-state index < -0.39 is 5.41 Å². The molecule has 1 fully saturated rings. The summed E-state index contributed by atoms with van der Waals surface area (Å²) in [5.41, 5.74) is 1.14. The van der Waals surface area contributed by atoms with E-state index in [0.717, 1.165) is 16.9 Å². The molecule has 1 saturated heterocycles. The molecule has 134 valence electrons. The molecule has 1 aliphatic rings. The van der Waals surface area contributed by atoms with Gasteiger partial charge in [0.15, 0.2) is 0 Å². The Hall–Kier alpha value is -2.73. The van der Waals surface area contributed by atoms with Crippen LogP contribution in [0, 0.1) is 5.82 Å². The fourth-order valence-corrected chi connectivity index (χ4v) is 3.41. The first-order chi connectivity index (χ1) is 12.7. The molecular formula is C20H19FN2O3. The van der Waals surface area contributed by atoms with Crippen LogP contribution in [-0.4, -0.2) is 30.5 Å². The van der Waals surface area contributed by atoms with Crippen molar-refractivity contribution in [1.82, 2.24) is 10.1 Å². The number of aromatic nitrogens is 2. The van der Waals surface area contributed by atoms with Gasteiger partial charge in [0, 0.05) is 18.8 Å². The van der Waals surface area contributed by atoms with Gasteiger partial charge in [-0.05, 0) is 54.8 Å². The maximum atomic E-state index is 13.8. The van der Waals surface area contributed by atoms with Crippen LogP contribution >= 0.6 is 0 Å². The van der Waals surface area contributed by atoms with E-state index in [1.54, 1.807) is 19.2 Å². The summed E-state index contributed by atoms with van der Waals surface area (Å²) >= 11 is 0. The minimum Gasteiger partial charge on any atom is -0.497 e. The fourth-order valence-electron chi connectivity index (χ4n) is 3.41. The first kappa shape index (κ1) is 16.7. The molecule has 6 heteroatoms. The molecule has 0 N–H and O–H groups in total. The third-order valence-electron chi connectivity index (χ3n) is 4.91. The van der Waals surface area contributed by atoms with Crippen LogP contribution in [0.1, 0.15) is 24.3 Å². The molecule has 2 heterocycles. The summed E-state index contributed by atoms with van der Waals surface area (Å²) in [5.74, 6) is 1.49. The van der Waals surface area contributed by atoms with Crippen LogP contribution < -0.4 is 4.74 Å². The second kappa shape index (κ2) is 6.88. The molecule has 3 aromatic rings. The highest BCUT2D eigenvalue weighted by Crippen LogP contribution is 2.41. The predicted octanol–water partition coefficient (Wildman–Crippen LogP) is 3.98. The van der Waals surface area contributed by atoms with Crippen LogP contribution in [0.5, 0.6) is 5.75 Å². The first-order valence-corrected chi connectivity index (χ1v) is 8.54. The molecule has 1 aliphatic heterocycles. The van der Waals surface area contributed by atoms with Crippen LogP contribution in [0.15, 0.2) is 53.1 Å². The molecule has 0 atom stereocenters. The second-order valence-corrected chi connectivity index (χ2v) is 6.36. The van der Waals surface area contributed by atoms with Crippen molar-refractivity contribution in [2.24, 2.45) is 0 Å². The molecular weight excluding hydrogens is 335 g/mol. The molecule has 5 nitrogen and oxygen atoms in total. The van der Waals surface area contributed by atoms with E-state index in [-0.39, 0.29) is 5.82 Å². The molecule has 0 amide bonds. The maximum Gasteiger partial charge on any atom is 0.237 e. The summed E-state index contributed by atoms with van der Waals surface area (Å²) in [6.45, 7) is 1.13. The Labute approximate surface area is 150 Å². The SMILES string of the molecule is COc1ccc(-c2noc(C3(c4cccc(F)c4)CCOCC3)n2)cc1. The number of halogens is 1. The van der Waals surface area contributed by atoms with Crippen molar-refractivity contribution in [1.29, 1.82) is 0 Å². The maximum absolute atomic E-state index is 13.8. The van der Waals surface area contributed by atoms with Gasteiger partial charge in [-0.1, -0.05) is 17.3 Å². The molecule has 2 aromatic carbocycles. The molecule has 1 aromatic heterocycles. The molecule has 0 aliphatic carbocycles. The van der Waals surface area contributed by atoms with Gasteiger partial charge in [0.25, 0.3) is 0 Å².